The van der Waals surface area contributed by atoms with Crippen LogP contribution in [0.3, 0.4) is 0 Å². The molecule has 13 heteroatoms. The summed E-state index contributed by atoms with van der Waals surface area (Å²) in [5.41, 5.74) is -2.80. The lowest BCUT2D eigenvalue weighted by molar-refractivity contribution is -0.320. The number of carboxylic acids is 1. The van der Waals surface area contributed by atoms with Gasteiger partial charge in [-0.05, 0) is 45.2 Å². The first-order valence-electron chi connectivity index (χ1n) is 13.9. The molecule has 0 fully saturated rings. The van der Waals surface area contributed by atoms with Crippen LogP contribution in [0.2, 0.25) is 0 Å². The van der Waals surface area contributed by atoms with Crippen LogP contribution in [0, 0.1) is 0 Å². The molecule has 230 valence electrons. The highest BCUT2D eigenvalue weighted by atomic mass is 19.4. The molecule has 0 bridgehead atoms. The van der Waals surface area contributed by atoms with Gasteiger partial charge in [0.2, 0.25) is 5.82 Å². The number of alkyl halides is 3. The number of carbonyl (C=O) groups excluding carboxylic acids is 1. The number of carboxylic acid groups (broad SMARTS) is 1. The lowest BCUT2D eigenvalue weighted by Crippen LogP contribution is -2.47. The minimum absolute atomic E-state index is 0.0808. The topological polar surface area (TPSA) is 119 Å². The predicted octanol–water partition coefficient (Wildman–Crippen LogP) is 3.44. The Morgan fingerprint density at radius 3 is 2.34 bits per heavy atom. The average Bonchev–Trinajstić information content (AvgIpc) is 2.89. The van der Waals surface area contributed by atoms with E-state index in [0.717, 1.165) is 30.3 Å². The first-order valence-corrected chi connectivity index (χ1v) is 13.9. The van der Waals surface area contributed by atoms with E-state index in [1.807, 2.05) is 0 Å². The minimum atomic E-state index is -4.34. The lowest BCUT2D eigenvalue weighted by atomic mass is 10.1. The number of benzene rings is 1. The van der Waals surface area contributed by atoms with E-state index in [1.165, 1.54) is 36.5 Å². The number of aliphatic carboxylic acids is 1. The highest BCUT2D eigenvalue weighted by molar-refractivity contribution is 5.74. The van der Waals surface area contributed by atoms with Crippen molar-refractivity contribution in [1.29, 1.82) is 0 Å². The number of unbranched alkanes of at least 4 members (excludes halogenated alkanes) is 4. The number of aryl methyl sites for hydroxylation is 1. The number of halogens is 3. The van der Waals surface area contributed by atoms with Crippen molar-refractivity contribution in [2.75, 3.05) is 24.6 Å². The van der Waals surface area contributed by atoms with Gasteiger partial charge in [-0.3, -0.25) is 9.36 Å². The zero-order valence-electron chi connectivity index (χ0n) is 24.2. The largest absolute Gasteiger partial charge is 0.546 e. The number of nitrogens with zero attached hydrogens (tertiary/aromatic N) is 4. The van der Waals surface area contributed by atoms with E-state index in [9.17, 15) is 32.7 Å². The third kappa shape index (κ3) is 11.1. The molecule has 0 amide bonds. The number of rotatable bonds is 18. The molecule has 0 atom stereocenters. The van der Waals surface area contributed by atoms with Crippen molar-refractivity contribution in [3.8, 4) is 11.5 Å². The van der Waals surface area contributed by atoms with Crippen molar-refractivity contribution in [3.63, 3.8) is 0 Å². The summed E-state index contributed by atoms with van der Waals surface area (Å²) < 4.78 is 51.9. The van der Waals surface area contributed by atoms with Gasteiger partial charge in [0.05, 0.1) is 12.6 Å². The molecular formula is C28H40F3N4O6-. The quantitative estimate of drug-likeness (QED) is 0.244. The Bertz CT molecular complexity index is 1240. The number of anilines is 1. The molecule has 0 spiro atoms. The molecule has 10 nitrogen and oxygen atoms in total. The van der Waals surface area contributed by atoms with Crippen LogP contribution in [0.1, 0.15) is 72.1 Å². The summed E-state index contributed by atoms with van der Waals surface area (Å²) in [5.74, 6) is -0.805. The fourth-order valence-corrected chi connectivity index (χ4v) is 4.02. The molecular weight excluding hydrogens is 545 g/mol. The highest BCUT2D eigenvalue weighted by Crippen LogP contribution is 2.24. The molecule has 2 aromatic rings. The number of ether oxygens (including phenoxy) is 2. The molecule has 1 aromatic carbocycles. The van der Waals surface area contributed by atoms with Gasteiger partial charge < -0.3 is 24.3 Å². The molecule has 0 aliphatic rings. The second-order valence-corrected chi connectivity index (χ2v) is 10.4. The number of carbonyl (C=O) groups is 1. The average molecular weight is 586 g/mol. The highest BCUT2D eigenvalue weighted by Gasteiger charge is 2.27. The molecule has 1 aromatic heterocycles. The van der Waals surface area contributed by atoms with Crippen molar-refractivity contribution >= 4 is 11.8 Å². The van der Waals surface area contributed by atoms with Gasteiger partial charge in [0, 0.05) is 39.2 Å². The fourth-order valence-electron chi connectivity index (χ4n) is 4.02. The molecule has 0 radical (unpaired) electrons. The minimum Gasteiger partial charge on any atom is -0.546 e. The van der Waals surface area contributed by atoms with E-state index in [4.69, 9.17) is 9.47 Å². The summed E-state index contributed by atoms with van der Waals surface area (Å²) in [6.07, 6.45) is -0.559. The van der Waals surface area contributed by atoms with Crippen LogP contribution in [-0.2, 0) is 18.4 Å². The smallest absolute Gasteiger partial charge is 0.389 e. The van der Waals surface area contributed by atoms with Crippen LogP contribution in [0.5, 0.6) is 11.5 Å². The van der Waals surface area contributed by atoms with E-state index >= 15 is 0 Å². The second-order valence-electron chi connectivity index (χ2n) is 10.4. The van der Waals surface area contributed by atoms with Crippen LogP contribution in [-0.4, -0.2) is 51.8 Å². The zero-order valence-corrected chi connectivity index (χ0v) is 24.2. The molecule has 41 heavy (non-hydrogen) atoms. The Morgan fingerprint density at radius 1 is 1.02 bits per heavy atom. The maximum atomic E-state index is 12.9. The van der Waals surface area contributed by atoms with Gasteiger partial charge in [0.25, 0.3) is 5.56 Å². The van der Waals surface area contributed by atoms with E-state index in [0.29, 0.717) is 25.1 Å². The normalized spacial score (nSPS) is 11.9. The van der Waals surface area contributed by atoms with Crippen molar-refractivity contribution in [3.05, 3.63) is 45.1 Å². The Labute approximate surface area is 237 Å². The van der Waals surface area contributed by atoms with Crippen LogP contribution >= 0.6 is 0 Å². The van der Waals surface area contributed by atoms with Crippen molar-refractivity contribution in [2.24, 2.45) is 7.05 Å². The Hall–Kier alpha value is -3.51. The summed E-state index contributed by atoms with van der Waals surface area (Å²) >= 11 is 0. The first-order chi connectivity index (χ1) is 19.2. The SMILES string of the molecule is CCCCCCCn1nc(N(CCCOc2cccc(OC(C)(C)C(=O)[O-])c2)CCCC(F)(F)F)c(=O)n(C)c1=O. The van der Waals surface area contributed by atoms with Crippen molar-refractivity contribution in [2.45, 2.75) is 90.5 Å². The van der Waals surface area contributed by atoms with Crippen LogP contribution in [0.25, 0.3) is 0 Å². The molecule has 0 saturated carbocycles. The molecule has 0 saturated heterocycles. The van der Waals surface area contributed by atoms with Crippen LogP contribution in [0.4, 0.5) is 19.0 Å². The zero-order chi connectivity index (χ0) is 30.6. The Morgan fingerprint density at radius 2 is 1.68 bits per heavy atom. The van der Waals surface area contributed by atoms with Gasteiger partial charge in [-0.1, -0.05) is 38.7 Å². The Kier molecular flexibility index (Phi) is 12.7. The van der Waals surface area contributed by atoms with E-state index in [2.05, 4.69) is 12.0 Å². The van der Waals surface area contributed by atoms with Gasteiger partial charge in [0.1, 0.15) is 17.1 Å². The van der Waals surface area contributed by atoms with Gasteiger partial charge in [0.15, 0.2) is 0 Å². The van der Waals surface area contributed by atoms with E-state index < -0.39 is 35.4 Å². The third-order valence-corrected chi connectivity index (χ3v) is 6.39. The number of hydrogen-bond donors (Lipinski definition) is 0. The summed E-state index contributed by atoms with van der Waals surface area (Å²) in [6.45, 7) is 5.32. The second kappa shape index (κ2) is 15.5. The van der Waals surface area contributed by atoms with E-state index in [-0.39, 0.29) is 37.7 Å². The first kappa shape index (κ1) is 33.7. The van der Waals surface area contributed by atoms with Crippen LogP contribution < -0.4 is 30.7 Å². The molecule has 2 rings (SSSR count). The molecule has 1 heterocycles. The molecule has 0 aliphatic carbocycles. The van der Waals surface area contributed by atoms with E-state index in [1.54, 1.807) is 18.2 Å². The Balaban J connectivity index is 2.14. The summed E-state index contributed by atoms with van der Waals surface area (Å²) in [7, 11) is 1.33. The maximum Gasteiger partial charge on any atom is 0.389 e. The maximum absolute atomic E-state index is 12.9. The van der Waals surface area contributed by atoms with Crippen LogP contribution in [0.15, 0.2) is 33.9 Å². The van der Waals surface area contributed by atoms with Crippen molar-refractivity contribution in [1.82, 2.24) is 14.3 Å². The number of aromatic nitrogens is 3. The monoisotopic (exact) mass is 585 g/mol. The van der Waals surface area contributed by atoms with Gasteiger partial charge >= 0.3 is 11.9 Å². The predicted molar refractivity (Wildman–Crippen MR) is 146 cm³/mol. The van der Waals surface area contributed by atoms with Gasteiger partial charge in [-0.25, -0.2) is 9.48 Å². The summed E-state index contributed by atoms with van der Waals surface area (Å²) in [6, 6.07) is 6.35. The molecule has 0 aliphatic heterocycles. The summed E-state index contributed by atoms with van der Waals surface area (Å²) in [5, 5.41) is 15.5. The summed E-state index contributed by atoms with van der Waals surface area (Å²) in [4.78, 5) is 38.3. The lowest BCUT2D eigenvalue weighted by Gasteiger charge is -2.27. The number of hydrogen-bond acceptors (Lipinski definition) is 8. The third-order valence-electron chi connectivity index (χ3n) is 6.39. The van der Waals surface area contributed by atoms with Gasteiger partial charge in [-0.15, -0.1) is 5.10 Å². The van der Waals surface area contributed by atoms with Gasteiger partial charge in [-0.2, -0.15) is 13.2 Å². The standard InChI is InChI=1S/C28H41F3N4O6/c1-5-6-7-8-9-18-35-26(39)33(4)24(36)23(32-35)34(16-11-15-28(29,30)31)17-12-19-40-21-13-10-14-22(20-21)41-27(2,3)25(37)38/h10,13-14,20H,5-9,11-12,15-19H2,1-4H3,(H,37,38)/p-1. The fraction of sp³-hybridized carbons (Fsp3) is 0.643. The molecule has 0 unspecified atom stereocenters. The molecule has 0 N–H and O–H groups in total. The van der Waals surface area contributed by atoms with Crippen molar-refractivity contribution < 1.29 is 32.5 Å².